The molecule has 0 saturated carbocycles. The second-order valence-electron chi connectivity index (χ2n) is 4.18. The summed E-state index contributed by atoms with van der Waals surface area (Å²) in [5.41, 5.74) is 3.27. The molecule has 0 saturated heterocycles. The van der Waals surface area contributed by atoms with Gasteiger partial charge in [-0.05, 0) is 32.5 Å². The monoisotopic (exact) mass is 245 g/mol. The summed E-state index contributed by atoms with van der Waals surface area (Å²) in [5.74, 6) is 0. The molecule has 0 aliphatic rings. The first kappa shape index (κ1) is 12.6. The predicted molar refractivity (Wildman–Crippen MR) is 73.1 cm³/mol. The van der Waals surface area contributed by atoms with Crippen LogP contribution in [0, 0.1) is 6.92 Å². The summed E-state index contributed by atoms with van der Waals surface area (Å²) < 4.78 is 5.55. The van der Waals surface area contributed by atoms with Crippen LogP contribution in [0.5, 0.6) is 0 Å². The van der Waals surface area contributed by atoms with Crippen molar-refractivity contribution in [3.63, 3.8) is 0 Å². The molecule has 4 nitrogen and oxygen atoms in total. The standard InChI is InChI=1S/C14H19N3O/c1-4-17(13-8-6-5-7-11(13)2)14-16-12(9-15-3)10-18-14/h5-8,10,15H,4,9H2,1-3H3. The summed E-state index contributed by atoms with van der Waals surface area (Å²) in [6.45, 7) is 5.73. The quantitative estimate of drug-likeness (QED) is 0.879. The van der Waals surface area contributed by atoms with Gasteiger partial charge in [0.05, 0.1) is 5.69 Å². The van der Waals surface area contributed by atoms with Gasteiger partial charge in [0, 0.05) is 18.8 Å². The molecule has 0 amide bonds. The molecular formula is C14H19N3O. The number of anilines is 2. The van der Waals surface area contributed by atoms with E-state index in [2.05, 4.69) is 41.2 Å². The van der Waals surface area contributed by atoms with Gasteiger partial charge in [-0.1, -0.05) is 18.2 Å². The first-order valence-corrected chi connectivity index (χ1v) is 6.18. The molecule has 0 aliphatic carbocycles. The number of hydrogen-bond donors (Lipinski definition) is 1. The largest absolute Gasteiger partial charge is 0.431 e. The van der Waals surface area contributed by atoms with Crippen LogP contribution in [0.1, 0.15) is 18.2 Å². The Kier molecular flexibility index (Phi) is 3.99. The Morgan fingerprint density at radius 1 is 1.33 bits per heavy atom. The molecule has 1 aromatic heterocycles. The Morgan fingerprint density at radius 3 is 2.78 bits per heavy atom. The Balaban J connectivity index is 2.30. The summed E-state index contributed by atoms with van der Waals surface area (Å²) in [5, 5.41) is 3.06. The van der Waals surface area contributed by atoms with E-state index >= 15 is 0 Å². The smallest absolute Gasteiger partial charge is 0.302 e. The second kappa shape index (κ2) is 5.69. The van der Waals surface area contributed by atoms with Crippen molar-refractivity contribution >= 4 is 11.7 Å². The molecule has 1 heterocycles. The van der Waals surface area contributed by atoms with Crippen LogP contribution in [0.25, 0.3) is 0 Å². The average molecular weight is 245 g/mol. The summed E-state index contributed by atoms with van der Waals surface area (Å²) in [4.78, 5) is 6.56. The maximum atomic E-state index is 5.55. The summed E-state index contributed by atoms with van der Waals surface area (Å²) in [6, 6.07) is 8.89. The summed E-state index contributed by atoms with van der Waals surface area (Å²) in [7, 11) is 1.90. The number of hydrogen-bond acceptors (Lipinski definition) is 4. The first-order valence-electron chi connectivity index (χ1n) is 6.18. The average Bonchev–Trinajstić information content (AvgIpc) is 2.82. The lowest BCUT2D eigenvalue weighted by atomic mass is 10.2. The molecule has 2 rings (SSSR count). The van der Waals surface area contributed by atoms with Gasteiger partial charge in [-0.2, -0.15) is 4.98 Å². The normalized spacial score (nSPS) is 10.6. The molecule has 1 aromatic carbocycles. The maximum Gasteiger partial charge on any atom is 0.302 e. The molecule has 0 unspecified atom stereocenters. The minimum atomic E-state index is 0.650. The molecule has 4 heteroatoms. The highest BCUT2D eigenvalue weighted by Crippen LogP contribution is 2.27. The van der Waals surface area contributed by atoms with Gasteiger partial charge in [-0.25, -0.2) is 0 Å². The van der Waals surface area contributed by atoms with Crippen molar-refractivity contribution in [3.05, 3.63) is 41.8 Å². The molecule has 0 atom stereocenters. The number of benzene rings is 1. The molecule has 0 fully saturated rings. The molecule has 0 bridgehead atoms. The molecule has 96 valence electrons. The third kappa shape index (κ3) is 2.54. The van der Waals surface area contributed by atoms with Crippen LogP contribution in [0.3, 0.4) is 0 Å². The lowest BCUT2D eigenvalue weighted by Crippen LogP contribution is -2.17. The van der Waals surface area contributed by atoms with Crippen molar-refractivity contribution < 1.29 is 4.42 Å². The third-order valence-electron chi connectivity index (χ3n) is 2.85. The lowest BCUT2D eigenvalue weighted by molar-refractivity contribution is 0.553. The van der Waals surface area contributed by atoms with E-state index in [1.54, 1.807) is 6.26 Å². The van der Waals surface area contributed by atoms with Crippen molar-refractivity contribution in [1.82, 2.24) is 10.3 Å². The van der Waals surface area contributed by atoms with E-state index in [1.165, 1.54) is 5.56 Å². The van der Waals surface area contributed by atoms with Gasteiger partial charge >= 0.3 is 6.01 Å². The van der Waals surface area contributed by atoms with Gasteiger partial charge in [0.2, 0.25) is 0 Å². The number of aromatic nitrogens is 1. The van der Waals surface area contributed by atoms with Crippen molar-refractivity contribution in [2.45, 2.75) is 20.4 Å². The highest BCUT2D eigenvalue weighted by molar-refractivity contribution is 5.60. The van der Waals surface area contributed by atoms with E-state index < -0.39 is 0 Å². The number of nitrogens with zero attached hydrogens (tertiary/aromatic N) is 2. The van der Waals surface area contributed by atoms with E-state index in [9.17, 15) is 0 Å². The van der Waals surface area contributed by atoms with Crippen molar-refractivity contribution in [3.8, 4) is 0 Å². The van der Waals surface area contributed by atoms with Crippen molar-refractivity contribution in [2.75, 3.05) is 18.5 Å². The predicted octanol–water partition coefficient (Wildman–Crippen LogP) is 2.86. The molecular weight excluding hydrogens is 226 g/mol. The number of oxazole rings is 1. The molecule has 2 aromatic rings. The van der Waals surface area contributed by atoms with Gasteiger partial charge in [-0.3, -0.25) is 4.90 Å². The fraction of sp³-hybridized carbons (Fsp3) is 0.357. The van der Waals surface area contributed by atoms with E-state index in [0.717, 1.165) is 24.5 Å². The lowest BCUT2D eigenvalue weighted by Gasteiger charge is -2.20. The maximum absolute atomic E-state index is 5.55. The van der Waals surface area contributed by atoms with Gasteiger partial charge in [0.25, 0.3) is 0 Å². The first-order chi connectivity index (χ1) is 8.76. The zero-order chi connectivity index (χ0) is 13.0. The number of nitrogens with one attached hydrogen (secondary N) is 1. The van der Waals surface area contributed by atoms with Gasteiger partial charge in [0.15, 0.2) is 0 Å². The SMILES string of the molecule is CCN(c1nc(CNC)co1)c1ccccc1C. The van der Waals surface area contributed by atoms with E-state index in [4.69, 9.17) is 4.42 Å². The fourth-order valence-electron chi connectivity index (χ4n) is 1.96. The van der Waals surface area contributed by atoms with Crippen LogP contribution in [0.15, 0.2) is 34.9 Å². The van der Waals surface area contributed by atoms with E-state index in [-0.39, 0.29) is 0 Å². The van der Waals surface area contributed by atoms with Crippen LogP contribution in [-0.4, -0.2) is 18.6 Å². The Hall–Kier alpha value is -1.81. The Labute approximate surface area is 108 Å². The van der Waals surface area contributed by atoms with Crippen LogP contribution in [0.4, 0.5) is 11.7 Å². The minimum absolute atomic E-state index is 0.650. The minimum Gasteiger partial charge on any atom is -0.431 e. The molecule has 0 spiro atoms. The van der Waals surface area contributed by atoms with Crippen LogP contribution in [0.2, 0.25) is 0 Å². The zero-order valence-corrected chi connectivity index (χ0v) is 11.1. The summed E-state index contributed by atoms with van der Waals surface area (Å²) >= 11 is 0. The van der Waals surface area contributed by atoms with Crippen LogP contribution >= 0.6 is 0 Å². The molecule has 0 radical (unpaired) electrons. The zero-order valence-electron chi connectivity index (χ0n) is 11.1. The molecule has 18 heavy (non-hydrogen) atoms. The molecule has 0 aliphatic heterocycles. The molecule has 1 N–H and O–H groups in total. The van der Waals surface area contributed by atoms with Gasteiger partial charge in [-0.15, -0.1) is 0 Å². The fourth-order valence-corrected chi connectivity index (χ4v) is 1.96. The van der Waals surface area contributed by atoms with Crippen molar-refractivity contribution in [2.24, 2.45) is 0 Å². The highest BCUT2D eigenvalue weighted by Gasteiger charge is 2.14. The van der Waals surface area contributed by atoms with Gasteiger partial charge in [0.1, 0.15) is 6.26 Å². The van der Waals surface area contributed by atoms with Gasteiger partial charge < -0.3 is 9.73 Å². The van der Waals surface area contributed by atoms with Crippen LogP contribution in [-0.2, 0) is 6.54 Å². The summed E-state index contributed by atoms with van der Waals surface area (Å²) in [6.07, 6.45) is 1.70. The van der Waals surface area contributed by atoms with E-state index in [0.29, 0.717) is 6.01 Å². The van der Waals surface area contributed by atoms with Crippen molar-refractivity contribution in [1.29, 1.82) is 0 Å². The number of aryl methyl sites for hydroxylation is 1. The van der Waals surface area contributed by atoms with Crippen LogP contribution < -0.4 is 10.2 Å². The Morgan fingerprint density at radius 2 is 2.11 bits per heavy atom. The topological polar surface area (TPSA) is 41.3 Å². The third-order valence-corrected chi connectivity index (χ3v) is 2.85. The van der Waals surface area contributed by atoms with E-state index in [1.807, 2.05) is 19.2 Å². The number of para-hydroxylation sites is 1. The highest BCUT2D eigenvalue weighted by atomic mass is 16.4. The second-order valence-corrected chi connectivity index (χ2v) is 4.18. The number of rotatable bonds is 5. The Bertz CT molecular complexity index is 507.